The van der Waals surface area contributed by atoms with Crippen molar-refractivity contribution in [3.8, 4) is 27.9 Å². The number of aromatic nitrogens is 1. The first kappa shape index (κ1) is 32.0. The standard InChI is InChI=1S/C54H36N2/c1-3-15-37(16-4-1)39-33-40(38-17-5-2-6-18-38)35-44(34-39)55(43-31-32-49-47-21-8-7-19-45(47)46-20-9-10-22-48(46)52(49)36-43)41-27-29-42(30-28-41)56-53-25-13-11-23-50(53)51-24-12-14-26-54(51)56/h1-36H. The summed E-state index contributed by atoms with van der Waals surface area (Å²) in [6.45, 7) is 0. The molecule has 0 aliphatic rings. The Morgan fingerprint density at radius 3 is 1.18 bits per heavy atom. The van der Waals surface area contributed by atoms with E-state index in [0.717, 1.165) is 22.7 Å². The average Bonchev–Trinajstić information content (AvgIpc) is 3.62. The van der Waals surface area contributed by atoms with Crippen LogP contribution >= 0.6 is 0 Å². The van der Waals surface area contributed by atoms with Crippen LogP contribution in [-0.2, 0) is 0 Å². The maximum atomic E-state index is 2.43. The van der Waals surface area contributed by atoms with Crippen molar-refractivity contribution >= 4 is 71.2 Å². The molecule has 1 heterocycles. The Bertz CT molecular complexity index is 3090. The summed E-state index contributed by atoms with van der Waals surface area (Å²) >= 11 is 0. The van der Waals surface area contributed by atoms with E-state index in [1.54, 1.807) is 0 Å². The zero-order valence-electron chi connectivity index (χ0n) is 30.7. The lowest BCUT2D eigenvalue weighted by atomic mass is 9.93. The van der Waals surface area contributed by atoms with Crippen molar-refractivity contribution in [2.75, 3.05) is 4.90 Å². The summed E-state index contributed by atoms with van der Waals surface area (Å²) in [6.07, 6.45) is 0. The van der Waals surface area contributed by atoms with Crippen LogP contribution in [0.4, 0.5) is 17.1 Å². The van der Waals surface area contributed by atoms with Crippen molar-refractivity contribution in [1.29, 1.82) is 0 Å². The first-order valence-corrected chi connectivity index (χ1v) is 19.3. The fraction of sp³-hybridized carbons (Fsp3) is 0. The van der Waals surface area contributed by atoms with Crippen LogP contribution in [-0.4, -0.2) is 4.57 Å². The highest BCUT2D eigenvalue weighted by Gasteiger charge is 2.19. The second kappa shape index (κ2) is 13.2. The van der Waals surface area contributed by atoms with Gasteiger partial charge in [0.2, 0.25) is 0 Å². The molecule has 0 spiro atoms. The molecule has 262 valence electrons. The van der Waals surface area contributed by atoms with Crippen LogP contribution in [0.15, 0.2) is 218 Å². The molecule has 56 heavy (non-hydrogen) atoms. The normalized spacial score (nSPS) is 11.6. The minimum Gasteiger partial charge on any atom is -0.310 e. The molecule has 0 N–H and O–H groups in total. The number of fused-ring (bicyclic) bond motifs is 9. The Hall–Kier alpha value is -7.42. The van der Waals surface area contributed by atoms with Gasteiger partial charge in [-0.25, -0.2) is 0 Å². The second-order valence-corrected chi connectivity index (χ2v) is 14.5. The van der Waals surface area contributed by atoms with E-state index in [1.807, 2.05) is 0 Å². The molecule has 10 aromatic carbocycles. The summed E-state index contributed by atoms with van der Waals surface area (Å²) in [7, 11) is 0. The van der Waals surface area contributed by atoms with Gasteiger partial charge in [-0.1, -0.05) is 152 Å². The number of benzene rings is 10. The molecule has 0 saturated heterocycles. The Balaban J connectivity index is 1.16. The number of rotatable bonds is 6. The van der Waals surface area contributed by atoms with Crippen LogP contribution in [0.25, 0.3) is 82.1 Å². The topological polar surface area (TPSA) is 8.17 Å². The molecule has 2 heteroatoms. The maximum Gasteiger partial charge on any atom is 0.0541 e. The predicted octanol–water partition coefficient (Wildman–Crippen LogP) is 15.0. The second-order valence-electron chi connectivity index (χ2n) is 14.5. The lowest BCUT2D eigenvalue weighted by Crippen LogP contribution is -2.10. The zero-order chi connectivity index (χ0) is 37.0. The van der Waals surface area contributed by atoms with Gasteiger partial charge in [0.05, 0.1) is 11.0 Å². The van der Waals surface area contributed by atoms with E-state index in [9.17, 15) is 0 Å². The summed E-state index contributed by atoms with van der Waals surface area (Å²) in [5.41, 5.74) is 11.5. The van der Waals surface area contributed by atoms with E-state index in [1.165, 1.54) is 76.4 Å². The number of anilines is 3. The molecule has 0 fully saturated rings. The Morgan fingerprint density at radius 2 is 0.661 bits per heavy atom. The molecule has 0 saturated carbocycles. The van der Waals surface area contributed by atoms with Crippen molar-refractivity contribution < 1.29 is 0 Å². The molecule has 0 amide bonds. The van der Waals surface area contributed by atoms with Crippen LogP contribution < -0.4 is 4.90 Å². The monoisotopic (exact) mass is 712 g/mol. The van der Waals surface area contributed by atoms with Gasteiger partial charge in [-0.15, -0.1) is 0 Å². The van der Waals surface area contributed by atoms with Gasteiger partial charge < -0.3 is 9.47 Å². The Kier molecular flexibility index (Phi) is 7.53. The minimum atomic E-state index is 1.09. The molecule has 11 rings (SSSR count). The molecule has 1 aromatic heterocycles. The molecule has 0 aliphatic heterocycles. The van der Waals surface area contributed by atoms with Crippen LogP contribution in [0.5, 0.6) is 0 Å². The van der Waals surface area contributed by atoms with Crippen molar-refractivity contribution in [2.24, 2.45) is 0 Å². The molecular formula is C54H36N2. The van der Waals surface area contributed by atoms with E-state index in [4.69, 9.17) is 0 Å². The minimum absolute atomic E-state index is 1.09. The molecule has 0 bridgehead atoms. The summed E-state index contributed by atoms with van der Waals surface area (Å²) in [5.74, 6) is 0. The van der Waals surface area contributed by atoms with Gasteiger partial charge in [0.25, 0.3) is 0 Å². The van der Waals surface area contributed by atoms with Gasteiger partial charge in [0, 0.05) is 33.5 Å². The SMILES string of the molecule is c1ccc(-c2cc(-c3ccccc3)cc(N(c3ccc(-n4c5ccccc5c5ccccc54)cc3)c3ccc4c5ccccc5c5ccccc5c4c3)c2)cc1. The van der Waals surface area contributed by atoms with Gasteiger partial charge in [0.15, 0.2) is 0 Å². The number of hydrogen-bond donors (Lipinski definition) is 0. The molecule has 0 unspecified atom stereocenters. The van der Waals surface area contributed by atoms with Crippen molar-refractivity contribution in [2.45, 2.75) is 0 Å². The first-order valence-electron chi connectivity index (χ1n) is 19.3. The summed E-state index contributed by atoms with van der Waals surface area (Å²) in [6, 6.07) is 79.6. The van der Waals surface area contributed by atoms with E-state index in [0.29, 0.717) is 0 Å². The van der Waals surface area contributed by atoms with Crippen LogP contribution in [0.1, 0.15) is 0 Å². The average molecular weight is 713 g/mol. The van der Waals surface area contributed by atoms with E-state index >= 15 is 0 Å². The van der Waals surface area contributed by atoms with Crippen molar-refractivity contribution in [3.05, 3.63) is 218 Å². The number of nitrogens with zero attached hydrogens (tertiary/aromatic N) is 2. The third-order valence-corrected chi connectivity index (χ3v) is 11.3. The largest absolute Gasteiger partial charge is 0.310 e. The van der Waals surface area contributed by atoms with Crippen molar-refractivity contribution in [1.82, 2.24) is 4.57 Å². The summed E-state index contributed by atoms with van der Waals surface area (Å²) < 4.78 is 2.38. The first-order chi connectivity index (χ1) is 27.8. The van der Waals surface area contributed by atoms with Gasteiger partial charge in [-0.2, -0.15) is 0 Å². The van der Waals surface area contributed by atoms with Crippen LogP contribution in [0.2, 0.25) is 0 Å². The Labute approximate surface area is 325 Å². The molecule has 0 aliphatic carbocycles. The third kappa shape index (κ3) is 5.26. The third-order valence-electron chi connectivity index (χ3n) is 11.3. The molecular weight excluding hydrogens is 677 g/mol. The van der Waals surface area contributed by atoms with Gasteiger partial charge >= 0.3 is 0 Å². The van der Waals surface area contributed by atoms with Crippen LogP contribution in [0, 0.1) is 0 Å². The fourth-order valence-electron chi connectivity index (χ4n) is 8.77. The lowest BCUT2D eigenvalue weighted by Gasteiger charge is -2.28. The quantitative estimate of drug-likeness (QED) is 0.156. The fourth-order valence-corrected chi connectivity index (χ4v) is 8.77. The highest BCUT2D eigenvalue weighted by molar-refractivity contribution is 6.25. The summed E-state index contributed by atoms with van der Waals surface area (Å²) in [5, 5.41) is 10.1. The number of hydrogen-bond acceptors (Lipinski definition) is 1. The zero-order valence-corrected chi connectivity index (χ0v) is 30.7. The molecule has 11 aromatic rings. The smallest absolute Gasteiger partial charge is 0.0541 e. The molecule has 0 atom stereocenters. The number of para-hydroxylation sites is 2. The van der Waals surface area contributed by atoms with E-state index < -0.39 is 0 Å². The molecule has 2 nitrogen and oxygen atoms in total. The summed E-state index contributed by atoms with van der Waals surface area (Å²) in [4.78, 5) is 2.43. The van der Waals surface area contributed by atoms with Crippen LogP contribution in [0.3, 0.4) is 0 Å². The van der Waals surface area contributed by atoms with E-state index in [2.05, 4.69) is 228 Å². The van der Waals surface area contributed by atoms with Gasteiger partial charge in [0.1, 0.15) is 0 Å². The molecule has 0 radical (unpaired) electrons. The maximum absolute atomic E-state index is 2.43. The van der Waals surface area contributed by atoms with E-state index in [-0.39, 0.29) is 0 Å². The lowest BCUT2D eigenvalue weighted by molar-refractivity contribution is 1.17. The highest BCUT2D eigenvalue weighted by atomic mass is 15.1. The van der Waals surface area contributed by atoms with Gasteiger partial charge in [-0.3, -0.25) is 0 Å². The van der Waals surface area contributed by atoms with Crippen molar-refractivity contribution in [3.63, 3.8) is 0 Å². The predicted molar refractivity (Wildman–Crippen MR) is 239 cm³/mol. The Morgan fingerprint density at radius 1 is 0.250 bits per heavy atom. The van der Waals surface area contributed by atoms with Gasteiger partial charge in [-0.05, 0) is 121 Å². The highest BCUT2D eigenvalue weighted by Crippen LogP contribution is 2.43.